The average molecular weight is 536 g/mol. The Morgan fingerprint density at radius 3 is 2.62 bits per heavy atom. The zero-order valence-corrected chi connectivity index (χ0v) is 21.8. The van der Waals surface area contributed by atoms with E-state index in [4.69, 9.17) is 0 Å². The SMILES string of the molecule is Cc1c(-c2ccnc(-n3ncc4cc(C(C)(C)C)cc(F)c4c3=O)c2CO)c[nH]c(=O)c1NC(=O)C1CC1F. The van der Waals surface area contributed by atoms with Gasteiger partial charge in [0.2, 0.25) is 5.91 Å². The number of halogens is 2. The van der Waals surface area contributed by atoms with Crippen LogP contribution in [0.1, 0.15) is 43.9 Å². The lowest BCUT2D eigenvalue weighted by Gasteiger charge is -2.20. The molecule has 9 nitrogen and oxygen atoms in total. The fraction of sp³-hybridized carbons (Fsp3) is 0.321. The highest BCUT2D eigenvalue weighted by atomic mass is 19.1. The van der Waals surface area contributed by atoms with Crippen LogP contribution in [0.2, 0.25) is 0 Å². The van der Waals surface area contributed by atoms with Crippen molar-refractivity contribution >= 4 is 22.4 Å². The van der Waals surface area contributed by atoms with Crippen molar-refractivity contribution in [3.05, 3.63) is 80.0 Å². The predicted octanol–water partition coefficient (Wildman–Crippen LogP) is 3.67. The number of rotatable bonds is 5. The van der Waals surface area contributed by atoms with Crippen LogP contribution < -0.4 is 16.4 Å². The van der Waals surface area contributed by atoms with Crippen LogP contribution in [0.15, 0.2) is 46.4 Å². The number of pyridine rings is 2. The van der Waals surface area contributed by atoms with Crippen molar-refractivity contribution in [1.82, 2.24) is 19.7 Å². The Labute approximate surface area is 221 Å². The smallest absolute Gasteiger partial charge is 0.283 e. The number of benzene rings is 1. The molecule has 202 valence electrons. The van der Waals surface area contributed by atoms with Crippen molar-refractivity contribution < 1.29 is 18.7 Å². The van der Waals surface area contributed by atoms with Crippen LogP contribution in [0, 0.1) is 18.7 Å². The first-order valence-electron chi connectivity index (χ1n) is 12.4. The first-order valence-corrected chi connectivity index (χ1v) is 12.4. The van der Waals surface area contributed by atoms with E-state index in [1.807, 2.05) is 20.8 Å². The summed E-state index contributed by atoms with van der Waals surface area (Å²) in [4.78, 5) is 45.0. The minimum atomic E-state index is -1.23. The van der Waals surface area contributed by atoms with Crippen LogP contribution in [0.25, 0.3) is 27.7 Å². The Hall–Kier alpha value is -4.25. The third-order valence-electron chi connectivity index (χ3n) is 7.04. The number of anilines is 1. The maximum Gasteiger partial charge on any atom is 0.283 e. The first-order chi connectivity index (χ1) is 18.4. The van der Waals surface area contributed by atoms with E-state index in [1.165, 1.54) is 24.7 Å². The molecule has 0 bridgehead atoms. The molecule has 2 unspecified atom stereocenters. The molecule has 1 amide bonds. The highest BCUT2D eigenvalue weighted by Gasteiger charge is 2.44. The molecule has 39 heavy (non-hydrogen) atoms. The molecule has 5 rings (SSSR count). The second kappa shape index (κ2) is 9.49. The minimum absolute atomic E-state index is 0.0179. The number of carbonyl (C=O) groups excluding carboxylic acids is 1. The first kappa shape index (κ1) is 26.4. The Morgan fingerprint density at radius 1 is 1.26 bits per heavy atom. The number of aliphatic hydroxyl groups is 1. The van der Waals surface area contributed by atoms with Crippen LogP contribution >= 0.6 is 0 Å². The molecular formula is C28H27F2N5O4. The fourth-order valence-electron chi connectivity index (χ4n) is 4.59. The van der Waals surface area contributed by atoms with Gasteiger partial charge in [0, 0.05) is 28.9 Å². The number of aromatic amines is 1. The third kappa shape index (κ3) is 4.63. The second-order valence-corrected chi connectivity index (χ2v) is 10.7. The van der Waals surface area contributed by atoms with Crippen molar-refractivity contribution in [2.45, 2.75) is 52.3 Å². The highest BCUT2D eigenvalue weighted by Crippen LogP contribution is 2.36. The molecule has 4 aromatic rings. The van der Waals surface area contributed by atoms with E-state index in [0.29, 0.717) is 27.6 Å². The average Bonchev–Trinajstić information content (AvgIpc) is 3.62. The van der Waals surface area contributed by atoms with Crippen molar-refractivity contribution in [3.8, 4) is 16.9 Å². The van der Waals surface area contributed by atoms with Crippen LogP contribution in [-0.2, 0) is 16.8 Å². The van der Waals surface area contributed by atoms with E-state index < -0.39 is 41.5 Å². The molecule has 1 fully saturated rings. The zero-order chi connectivity index (χ0) is 28.2. The molecule has 0 spiro atoms. The molecule has 0 aliphatic heterocycles. The van der Waals surface area contributed by atoms with E-state index in [1.54, 1.807) is 19.1 Å². The normalized spacial score (nSPS) is 16.9. The van der Waals surface area contributed by atoms with Crippen molar-refractivity contribution in [2.75, 3.05) is 5.32 Å². The van der Waals surface area contributed by atoms with E-state index in [9.17, 15) is 23.9 Å². The van der Waals surface area contributed by atoms with Crippen molar-refractivity contribution in [2.24, 2.45) is 5.92 Å². The number of nitrogens with zero attached hydrogens (tertiary/aromatic N) is 3. The van der Waals surface area contributed by atoms with Crippen LogP contribution in [0.4, 0.5) is 14.5 Å². The molecule has 3 aromatic heterocycles. The largest absolute Gasteiger partial charge is 0.392 e. The highest BCUT2D eigenvalue weighted by molar-refractivity contribution is 5.96. The molecule has 1 saturated carbocycles. The molecule has 0 saturated heterocycles. The number of aliphatic hydroxyl groups excluding tert-OH is 1. The summed E-state index contributed by atoms with van der Waals surface area (Å²) in [5.74, 6) is -2.09. The van der Waals surface area contributed by atoms with Gasteiger partial charge in [-0.2, -0.15) is 9.78 Å². The van der Waals surface area contributed by atoms with Crippen molar-refractivity contribution in [3.63, 3.8) is 0 Å². The lowest BCUT2D eigenvalue weighted by Crippen LogP contribution is -2.25. The quantitative estimate of drug-likeness (QED) is 0.358. The van der Waals surface area contributed by atoms with Gasteiger partial charge in [-0.25, -0.2) is 13.8 Å². The number of amides is 1. The summed E-state index contributed by atoms with van der Waals surface area (Å²) in [6.07, 6.45) is 3.05. The maximum absolute atomic E-state index is 15.2. The predicted molar refractivity (Wildman–Crippen MR) is 142 cm³/mol. The van der Waals surface area contributed by atoms with E-state index >= 15 is 4.39 Å². The molecule has 2 atom stereocenters. The summed E-state index contributed by atoms with van der Waals surface area (Å²) >= 11 is 0. The van der Waals surface area contributed by atoms with Gasteiger partial charge in [0.05, 0.1) is 24.1 Å². The number of alkyl halides is 1. The molecule has 3 N–H and O–H groups in total. The molecular weight excluding hydrogens is 508 g/mol. The topological polar surface area (TPSA) is 130 Å². The summed E-state index contributed by atoms with van der Waals surface area (Å²) < 4.78 is 29.5. The second-order valence-electron chi connectivity index (χ2n) is 10.7. The summed E-state index contributed by atoms with van der Waals surface area (Å²) in [6.45, 7) is 6.84. The van der Waals surface area contributed by atoms with Gasteiger partial charge in [-0.15, -0.1) is 0 Å². The fourth-order valence-corrected chi connectivity index (χ4v) is 4.59. The van der Waals surface area contributed by atoms with Gasteiger partial charge in [-0.3, -0.25) is 14.4 Å². The summed E-state index contributed by atoms with van der Waals surface area (Å²) in [7, 11) is 0. The summed E-state index contributed by atoms with van der Waals surface area (Å²) in [6, 6.07) is 4.62. The lowest BCUT2D eigenvalue weighted by molar-refractivity contribution is -0.117. The number of fused-ring (bicyclic) bond motifs is 1. The van der Waals surface area contributed by atoms with Crippen LogP contribution in [0.5, 0.6) is 0 Å². The Bertz CT molecular complexity index is 1760. The van der Waals surface area contributed by atoms with Crippen molar-refractivity contribution in [1.29, 1.82) is 0 Å². The number of hydrogen-bond donors (Lipinski definition) is 3. The van der Waals surface area contributed by atoms with E-state index in [0.717, 1.165) is 4.68 Å². The van der Waals surface area contributed by atoms with Gasteiger partial charge in [0.1, 0.15) is 17.7 Å². The molecule has 1 aromatic carbocycles. The minimum Gasteiger partial charge on any atom is -0.392 e. The zero-order valence-electron chi connectivity index (χ0n) is 21.8. The monoisotopic (exact) mass is 535 g/mol. The third-order valence-corrected chi connectivity index (χ3v) is 7.04. The maximum atomic E-state index is 15.2. The van der Waals surface area contributed by atoms with E-state index in [-0.39, 0.29) is 34.3 Å². The summed E-state index contributed by atoms with van der Waals surface area (Å²) in [5.41, 5.74) is 0.395. The van der Waals surface area contributed by atoms with Gasteiger partial charge >= 0.3 is 0 Å². The number of aromatic nitrogens is 4. The molecule has 1 aliphatic rings. The number of nitrogens with one attached hydrogen (secondary N) is 2. The van der Waals surface area contributed by atoms with Gasteiger partial charge in [-0.1, -0.05) is 20.8 Å². The molecule has 11 heteroatoms. The van der Waals surface area contributed by atoms with Crippen LogP contribution in [0.3, 0.4) is 0 Å². The summed E-state index contributed by atoms with van der Waals surface area (Å²) in [5, 5.41) is 17.2. The van der Waals surface area contributed by atoms with Gasteiger partial charge in [-0.05, 0) is 53.6 Å². The Morgan fingerprint density at radius 2 is 1.97 bits per heavy atom. The Balaban J connectivity index is 1.64. The lowest BCUT2D eigenvalue weighted by atomic mass is 9.86. The van der Waals surface area contributed by atoms with Gasteiger partial charge in [0.15, 0.2) is 5.82 Å². The number of carbonyl (C=O) groups is 1. The molecule has 3 heterocycles. The Kier molecular flexibility index (Phi) is 6.42. The van der Waals surface area contributed by atoms with Crippen LogP contribution in [-0.4, -0.2) is 36.9 Å². The molecule has 0 radical (unpaired) electrons. The van der Waals surface area contributed by atoms with Gasteiger partial charge < -0.3 is 15.4 Å². The number of hydrogen-bond acceptors (Lipinski definition) is 6. The van der Waals surface area contributed by atoms with E-state index in [2.05, 4.69) is 20.4 Å². The standard InChI is InChI=1S/C28H27F2N5O4/c1-13-18(11-32-26(38)23(13)34-25(37)17-9-20(17)29)16-5-6-31-24(19(16)12-36)35-27(39)22-14(10-33-35)7-15(8-21(22)30)28(2,3)4/h5-8,10-11,17,20,36H,9,12H2,1-4H3,(H,32,38)(H,34,37). The molecule has 1 aliphatic carbocycles. The van der Waals surface area contributed by atoms with Gasteiger partial charge in [0.25, 0.3) is 11.1 Å². The number of H-pyrrole nitrogens is 1.